The van der Waals surface area contributed by atoms with Crippen LogP contribution in [0.1, 0.15) is 26.6 Å². The summed E-state index contributed by atoms with van der Waals surface area (Å²) in [4.78, 5) is 6.85. The van der Waals surface area contributed by atoms with Crippen LogP contribution in [0.15, 0.2) is 12.4 Å². The van der Waals surface area contributed by atoms with Crippen LogP contribution in [0.2, 0.25) is 0 Å². The number of fused-ring (bicyclic) bond motifs is 1. The molecule has 1 aliphatic heterocycles. The Morgan fingerprint density at radius 3 is 2.86 bits per heavy atom. The number of hydrogen-bond acceptors (Lipinski definition) is 2. The zero-order valence-corrected chi connectivity index (χ0v) is 9.32. The van der Waals surface area contributed by atoms with Crippen molar-refractivity contribution in [3.8, 4) is 0 Å². The Kier molecular flexibility index (Phi) is 2.35. The van der Waals surface area contributed by atoms with E-state index in [1.54, 1.807) is 0 Å². The largest absolute Gasteiger partial charge is 0.333 e. The second kappa shape index (κ2) is 3.39. The maximum atomic E-state index is 4.36. The summed E-state index contributed by atoms with van der Waals surface area (Å²) in [5.41, 5.74) is 0.384. The lowest BCUT2D eigenvalue weighted by Crippen LogP contribution is -2.38. The van der Waals surface area contributed by atoms with Gasteiger partial charge in [-0.1, -0.05) is 20.8 Å². The average molecular weight is 193 g/mol. The lowest BCUT2D eigenvalue weighted by Gasteiger charge is -2.32. The minimum absolute atomic E-state index is 0.384. The van der Waals surface area contributed by atoms with Crippen molar-refractivity contribution in [2.45, 2.75) is 33.9 Å². The molecule has 0 amide bonds. The molecule has 1 aromatic heterocycles. The highest BCUT2D eigenvalue weighted by molar-refractivity contribution is 4.95. The maximum absolute atomic E-state index is 4.36. The van der Waals surface area contributed by atoms with E-state index in [9.17, 15) is 0 Å². The van der Waals surface area contributed by atoms with Crippen LogP contribution in [0.25, 0.3) is 0 Å². The SMILES string of the molecule is CC(C)(C)CN1CCn2ccnc2C1. The molecule has 14 heavy (non-hydrogen) atoms. The Bertz CT molecular complexity index is 309. The van der Waals surface area contributed by atoms with E-state index in [0.29, 0.717) is 5.41 Å². The van der Waals surface area contributed by atoms with Gasteiger partial charge in [0.1, 0.15) is 5.82 Å². The Hall–Kier alpha value is -0.830. The molecule has 0 spiro atoms. The summed E-state index contributed by atoms with van der Waals surface area (Å²) in [5.74, 6) is 1.21. The van der Waals surface area contributed by atoms with Gasteiger partial charge in [-0.15, -0.1) is 0 Å². The van der Waals surface area contributed by atoms with E-state index in [1.165, 1.54) is 5.82 Å². The first-order valence-electron chi connectivity index (χ1n) is 5.27. The smallest absolute Gasteiger partial charge is 0.122 e. The lowest BCUT2D eigenvalue weighted by molar-refractivity contribution is 0.154. The van der Waals surface area contributed by atoms with Crippen molar-refractivity contribution in [2.24, 2.45) is 5.41 Å². The number of rotatable bonds is 1. The zero-order chi connectivity index (χ0) is 10.2. The van der Waals surface area contributed by atoms with Gasteiger partial charge in [-0.2, -0.15) is 0 Å². The van der Waals surface area contributed by atoms with Crippen molar-refractivity contribution >= 4 is 0 Å². The summed E-state index contributed by atoms with van der Waals surface area (Å²) < 4.78 is 2.25. The first-order chi connectivity index (χ1) is 6.54. The van der Waals surface area contributed by atoms with Crippen LogP contribution in [0, 0.1) is 5.41 Å². The Morgan fingerprint density at radius 2 is 2.14 bits per heavy atom. The molecule has 0 unspecified atom stereocenters. The molecule has 0 aliphatic carbocycles. The van der Waals surface area contributed by atoms with Gasteiger partial charge in [0.05, 0.1) is 6.54 Å². The molecule has 0 saturated carbocycles. The molecule has 3 heteroatoms. The van der Waals surface area contributed by atoms with Gasteiger partial charge in [0, 0.05) is 32.0 Å². The van der Waals surface area contributed by atoms with Gasteiger partial charge in [0.15, 0.2) is 0 Å². The normalized spacial score (nSPS) is 18.2. The second-order valence-corrected chi connectivity index (χ2v) is 5.31. The third kappa shape index (κ3) is 2.15. The molecule has 0 saturated heterocycles. The van der Waals surface area contributed by atoms with Crippen LogP contribution in [0.3, 0.4) is 0 Å². The minimum Gasteiger partial charge on any atom is -0.333 e. The molecule has 0 aromatic carbocycles. The van der Waals surface area contributed by atoms with Crippen LogP contribution < -0.4 is 0 Å². The molecule has 3 nitrogen and oxygen atoms in total. The fourth-order valence-electron chi connectivity index (χ4n) is 2.03. The van der Waals surface area contributed by atoms with E-state index in [0.717, 1.165) is 26.2 Å². The highest BCUT2D eigenvalue weighted by Crippen LogP contribution is 2.18. The van der Waals surface area contributed by atoms with Crippen LogP contribution in [0.4, 0.5) is 0 Å². The van der Waals surface area contributed by atoms with E-state index in [2.05, 4.69) is 41.4 Å². The molecule has 78 valence electrons. The van der Waals surface area contributed by atoms with Crippen molar-refractivity contribution in [2.75, 3.05) is 13.1 Å². The van der Waals surface area contributed by atoms with Gasteiger partial charge < -0.3 is 4.57 Å². The molecule has 2 rings (SSSR count). The van der Waals surface area contributed by atoms with Crippen LogP contribution >= 0.6 is 0 Å². The van der Waals surface area contributed by atoms with E-state index in [-0.39, 0.29) is 0 Å². The molecule has 0 bridgehead atoms. The molecule has 0 radical (unpaired) electrons. The van der Waals surface area contributed by atoms with Gasteiger partial charge >= 0.3 is 0 Å². The highest BCUT2D eigenvalue weighted by Gasteiger charge is 2.21. The maximum Gasteiger partial charge on any atom is 0.122 e. The first-order valence-corrected chi connectivity index (χ1v) is 5.27. The molecule has 0 fully saturated rings. The van der Waals surface area contributed by atoms with Crippen LogP contribution in [-0.2, 0) is 13.1 Å². The predicted octanol–water partition coefficient (Wildman–Crippen LogP) is 1.74. The third-order valence-electron chi connectivity index (χ3n) is 2.52. The van der Waals surface area contributed by atoms with Gasteiger partial charge in [-0.05, 0) is 5.41 Å². The number of aromatic nitrogens is 2. The summed E-state index contributed by atoms with van der Waals surface area (Å²) in [6.45, 7) is 11.3. The lowest BCUT2D eigenvalue weighted by atomic mass is 9.96. The van der Waals surface area contributed by atoms with E-state index in [1.807, 2.05) is 6.20 Å². The van der Waals surface area contributed by atoms with Crippen molar-refractivity contribution in [3.05, 3.63) is 18.2 Å². The third-order valence-corrected chi connectivity index (χ3v) is 2.52. The summed E-state index contributed by atoms with van der Waals surface area (Å²) in [6.07, 6.45) is 3.97. The topological polar surface area (TPSA) is 21.1 Å². The summed E-state index contributed by atoms with van der Waals surface area (Å²) in [6, 6.07) is 0. The highest BCUT2D eigenvalue weighted by atomic mass is 15.2. The monoisotopic (exact) mass is 193 g/mol. The molecular weight excluding hydrogens is 174 g/mol. The molecule has 0 N–H and O–H groups in total. The number of imidazole rings is 1. The fourth-order valence-corrected chi connectivity index (χ4v) is 2.03. The van der Waals surface area contributed by atoms with Gasteiger partial charge in [0.2, 0.25) is 0 Å². The summed E-state index contributed by atoms with van der Waals surface area (Å²) in [5, 5.41) is 0. The van der Waals surface area contributed by atoms with E-state index in [4.69, 9.17) is 0 Å². The van der Waals surface area contributed by atoms with Crippen LogP contribution in [0.5, 0.6) is 0 Å². The minimum atomic E-state index is 0.384. The van der Waals surface area contributed by atoms with Crippen molar-refractivity contribution in [1.29, 1.82) is 0 Å². The Labute approximate surface area is 85.7 Å². The molecule has 1 aromatic rings. The fraction of sp³-hybridized carbons (Fsp3) is 0.727. The summed E-state index contributed by atoms with van der Waals surface area (Å²) >= 11 is 0. The van der Waals surface area contributed by atoms with E-state index < -0.39 is 0 Å². The van der Waals surface area contributed by atoms with Crippen LogP contribution in [-0.4, -0.2) is 27.5 Å². The second-order valence-electron chi connectivity index (χ2n) is 5.31. The standard InChI is InChI=1S/C11H19N3/c1-11(2,3)9-13-6-7-14-5-4-12-10(14)8-13/h4-5H,6-9H2,1-3H3. The zero-order valence-electron chi connectivity index (χ0n) is 9.32. The Morgan fingerprint density at radius 1 is 1.36 bits per heavy atom. The van der Waals surface area contributed by atoms with Gasteiger partial charge in [-0.25, -0.2) is 4.98 Å². The molecule has 1 aliphatic rings. The molecule has 2 heterocycles. The van der Waals surface area contributed by atoms with E-state index >= 15 is 0 Å². The molecular formula is C11H19N3. The quantitative estimate of drug-likeness (QED) is 0.677. The van der Waals surface area contributed by atoms with Crippen molar-refractivity contribution < 1.29 is 0 Å². The average Bonchev–Trinajstić information content (AvgIpc) is 2.47. The first kappa shape index (κ1) is 9.71. The van der Waals surface area contributed by atoms with Gasteiger partial charge in [-0.3, -0.25) is 4.90 Å². The molecule has 0 atom stereocenters. The Balaban J connectivity index is 2.01. The number of hydrogen-bond donors (Lipinski definition) is 0. The predicted molar refractivity (Wildman–Crippen MR) is 57.0 cm³/mol. The van der Waals surface area contributed by atoms with Crippen molar-refractivity contribution in [1.82, 2.24) is 14.5 Å². The number of nitrogens with zero attached hydrogens (tertiary/aromatic N) is 3. The summed E-state index contributed by atoms with van der Waals surface area (Å²) in [7, 11) is 0. The van der Waals surface area contributed by atoms with Gasteiger partial charge in [0.25, 0.3) is 0 Å². The van der Waals surface area contributed by atoms with Crippen molar-refractivity contribution in [3.63, 3.8) is 0 Å².